The molecule has 0 spiro atoms. The van der Waals surface area contributed by atoms with E-state index in [1.807, 2.05) is 39.8 Å². The molecule has 0 aromatic heterocycles. The van der Waals surface area contributed by atoms with Gasteiger partial charge in [0, 0.05) is 9.79 Å². The lowest BCUT2D eigenvalue weighted by molar-refractivity contribution is 0.371. The van der Waals surface area contributed by atoms with E-state index in [4.69, 9.17) is 9.05 Å². The first-order valence-electron chi connectivity index (χ1n) is 16.3. The Bertz CT molecular complexity index is 1060. The average molecular weight is 655 g/mol. The average Bonchev–Trinajstić information content (AvgIpc) is 2.94. The highest BCUT2D eigenvalue weighted by Crippen LogP contribution is 2.44. The van der Waals surface area contributed by atoms with E-state index in [1.165, 1.54) is 102 Å². The van der Waals surface area contributed by atoms with Crippen molar-refractivity contribution >= 4 is 29.0 Å². The van der Waals surface area contributed by atoms with E-state index in [-0.39, 0.29) is 0 Å². The van der Waals surface area contributed by atoms with Crippen molar-refractivity contribution in [2.75, 3.05) is 0 Å². The molecule has 9 heteroatoms. The van der Waals surface area contributed by atoms with Gasteiger partial charge >= 0.3 is 17.2 Å². The van der Waals surface area contributed by atoms with Gasteiger partial charge in [-0.05, 0) is 86.6 Å². The van der Waals surface area contributed by atoms with Crippen molar-refractivity contribution in [1.82, 2.24) is 0 Å². The fourth-order valence-electron chi connectivity index (χ4n) is 5.76. The lowest BCUT2D eigenvalue weighted by Crippen LogP contribution is -2.00. The summed E-state index contributed by atoms with van der Waals surface area (Å²) < 4.78 is 10.7. The van der Waals surface area contributed by atoms with Crippen molar-refractivity contribution in [1.29, 1.82) is 0 Å². The molecular formula is C34H56O6P2S. The molecule has 0 unspecified atom stereocenters. The Labute approximate surface area is 268 Å². The minimum Gasteiger partial charge on any atom is -0.426 e. The molecule has 6 nitrogen and oxygen atoms in total. The van der Waals surface area contributed by atoms with Gasteiger partial charge in [0.2, 0.25) is 0 Å². The fraction of sp³-hybridized carbons (Fsp3) is 0.647. The van der Waals surface area contributed by atoms with Crippen LogP contribution < -0.4 is 9.05 Å². The summed E-state index contributed by atoms with van der Waals surface area (Å²) >= 11 is 1.66. The predicted octanol–water partition coefficient (Wildman–Crippen LogP) is 11.1. The second-order valence-electron chi connectivity index (χ2n) is 11.9. The molecule has 0 bridgehead atoms. The molecule has 0 fully saturated rings. The van der Waals surface area contributed by atoms with Crippen molar-refractivity contribution in [2.24, 2.45) is 0 Å². The molecule has 0 saturated heterocycles. The second kappa shape index (κ2) is 21.8. The van der Waals surface area contributed by atoms with Crippen LogP contribution in [0.15, 0.2) is 28.0 Å². The Balaban J connectivity index is 1.87. The molecule has 4 N–H and O–H groups in total. The SMILES string of the molecule is CCCCCCCCCCCCCCCCCCc1c(Sc2cc(C)c(OP(O)O)c(C)c2)cc(C)c(OP(O)O)c1C. The van der Waals surface area contributed by atoms with Gasteiger partial charge in [-0.25, -0.2) is 0 Å². The molecule has 2 aromatic carbocycles. The van der Waals surface area contributed by atoms with Gasteiger partial charge in [-0.15, -0.1) is 0 Å². The van der Waals surface area contributed by atoms with E-state index in [9.17, 15) is 19.6 Å². The first kappa shape index (κ1) is 38.3. The summed E-state index contributed by atoms with van der Waals surface area (Å²) in [6.45, 7) is 10.0. The van der Waals surface area contributed by atoms with Crippen molar-refractivity contribution in [3.63, 3.8) is 0 Å². The smallest absolute Gasteiger partial charge is 0.391 e. The van der Waals surface area contributed by atoms with Gasteiger partial charge < -0.3 is 28.6 Å². The maximum absolute atomic E-state index is 9.57. The molecule has 0 amide bonds. The van der Waals surface area contributed by atoms with Gasteiger partial charge in [0.25, 0.3) is 0 Å². The Morgan fingerprint density at radius 1 is 0.558 bits per heavy atom. The summed E-state index contributed by atoms with van der Waals surface area (Å²) in [5.74, 6) is 1.06. The van der Waals surface area contributed by atoms with Crippen LogP contribution in [0, 0.1) is 27.7 Å². The Kier molecular flexibility index (Phi) is 19.4. The molecule has 0 aliphatic carbocycles. The number of unbranched alkanes of at least 4 members (excludes halogenated alkanes) is 15. The molecule has 0 saturated carbocycles. The van der Waals surface area contributed by atoms with Gasteiger partial charge in [0.1, 0.15) is 11.5 Å². The second-order valence-corrected chi connectivity index (χ2v) is 14.3. The normalized spacial score (nSPS) is 11.6. The van der Waals surface area contributed by atoms with Crippen LogP contribution in [0.25, 0.3) is 0 Å². The number of benzene rings is 2. The Hall–Kier alpha value is -0.910. The lowest BCUT2D eigenvalue weighted by Gasteiger charge is -2.20. The third-order valence-electron chi connectivity index (χ3n) is 8.08. The highest BCUT2D eigenvalue weighted by atomic mass is 32.2. The molecule has 0 aliphatic heterocycles. The zero-order valence-electron chi connectivity index (χ0n) is 27.2. The van der Waals surface area contributed by atoms with Crippen LogP contribution in [-0.4, -0.2) is 19.6 Å². The van der Waals surface area contributed by atoms with Gasteiger partial charge in [-0.2, -0.15) is 0 Å². The summed E-state index contributed by atoms with van der Waals surface area (Å²) in [7, 11) is -4.97. The van der Waals surface area contributed by atoms with Crippen LogP contribution in [0.3, 0.4) is 0 Å². The molecule has 244 valence electrons. The minimum atomic E-state index is -2.49. The molecule has 2 rings (SSSR count). The molecule has 43 heavy (non-hydrogen) atoms. The van der Waals surface area contributed by atoms with E-state index < -0.39 is 17.2 Å². The van der Waals surface area contributed by atoms with Crippen LogP contribution in [0.1, 0.15) is 137 Å². The van der Waals surface area contributed by atoms with Crippen LogP contribution in [0.4, 0.5) is 0 Å². The fourth-order valence-corrected chi connectivity index (χ4v) is 8.00. The number of rotatable bonds is 23. The minimum absolute atomic E-state index is 0.504. The predicted molar refractivity (Wildman–Crippen MR) is 183 cm³/mol. The third kappa shape index (κ3) is 14.8. The summed E-state index contributed by atoms with van der Waals surface area (Å²) in [6.07, 6.45) is 22.3. The largest absolute Gasteiger partial charge is 0.426 e. The summed E-state index contributed by atoms with van der Waals surface area (Å²) in [4.78, 5) is 40.0. The maximum atomic E-state index is 9.57. The quantitative estimate of drug-likeness (QED) is 0.0699. The van der Waals surface area contributed by atoms with E-state index >= 15 is 0 Å². The van der Waals surface area contributed by atoms with E-state index in [0.717, 1.165) is 44.9 Å². The zero-order valence-corrected chi connectivity index (χ0v) is 29.8. The molecule has 2 aromatic rings. The van der Waals surface area contributed by atoms with E-state index in [1.54, 1.807) is 11.8 Å². The highest BCUT2D eigenvalue weighted by molar-refractivity contribution is 7.99. The molecule has 0 atom stereocenters. The van der Waals surface area contributed by atoms with Gasteiger partial charge in [0.15, 0.2) is 0 Å². The highest BCUT2D eigenvalue weighted by Gasteiger charge is 2.19. The monoisotopic (exact) mass is 654 g/mol. The lowest BCUT2D eigenvalue weighted by atomic mass is 9.98. The van der Waals surface area contributed by atoms with Gasteiger partial charge in [-0.3, -0.25) is 0 Å². The summed E-state index contributed by atoms with van der Waals surface area (Å²) in [6, 6.07) is 6.07. The molecular weight excluding hydrogens is 598 g/mol. The molecule has 0 aliphatic rings. The summed E-state index contributed by atoms with van der Waals surface area (Å²) in [5.41, 5.74) is 4.69. The van der Waals surface area contributed by atoms with Gasteiger partial charge in [0.05, 0.1) is 0 Å². The number of hydrogen-bond donors (Lipinski definition) is 4. The van der Waals surface area contributed by atoms with E-state index in [0.29, 0.717) is 11.5 Å². The van der Waals surface area contributed by atoms with Crippen molar-refractivity contribution < 1.29 is 28.6 Å². The first-order valence-corrected chi connectivity index (χ1v) is 19.4. The van der Waals surface area contributed by atoms with Crippen LogP contribution in [-0.2, 0) is 6.42 Å². The number of aryl methyl sites for hydroxylation is 3. The summed E-state index contributed by atoms with van der Waals surface area (Å²) in [5, 5.41) is 0. The standard InChI is InChI=1S/C34H56O6P2S/c1-6-7-8-9-10-11-12-13-14-15-16-17-18-19-20-21-22-31-29(5)34(40-42(37)38)28(4)25-32(31)43-30-23-26(2)33(27(3)24-30)39-41(35)36/h23-25,35-38H,6-22H2,1-5H3. The van der Waals surface area contributed by atoms with Gasteiger partial charge in [-0.1, -0.05) is 115 Å². The van der Waals surface area contributed by atoms with Crippen LogP contribution >= 0.6 is 29.0 Å². The third-order valence-corrected chi connectivity index (χ3v) is 9.83. The van der Waals surface area contributed by atoms with Crippen molar-refractivity contribution in [2.45, 2.75) is 154 Å². The molecule has 0 heterocycles. The van der Waals surface area contributed by atoms with Crippen molar-refractivity contribution in [3.05, 3.63) is 46.0 Å². The topological polar surface area (TPSA) is 99.4 Å². The van der Waals surface area contributed by atoms with E-state index in [2.05, 4.69) is 13.0 Å². The first-order chi connectivity index (χ1) is 20.6. The van der Waals surface area contributed by atoms with Crippen molar-refractivity contribution in [3.8, 4) is 11.5 Å². The Morgan fingerprint density at radius 2 is 0.953 bits per heavy atom. The molecule has 0 radical (unpaired) electrons. The van der Waals surface area contributed by atoms with Crippen LogP contribution in [0.2, 0.25) is 0 Å². The van der Waals surface area contributed by atoms with Crippen LogP contribution in [0.5, 0.6) is 11.5 Å². The number of hydrogen-bond acceptors (Lipinski definition) is 7. The zero-order chi connectivity index (χ0) is 31.6. The Morgan fingerprint density at radius 3 is 1.40 bits per heavy atom. The maximum Gasteiger partial charge on any atom is 0.391 e.